The van der Waals surface area contributed by atoms with Gasteiger partial charge in [0, 0.05) is 11.4 Å². The van der Waals surface area contributed by atoms with Gasteiger partial charge in [0.25, 0.3) is 0 Å². The van der Waals surface area contributed by atoms with E-state index in [-0.39, 0.29) is 6.10 Å². The highest BCUT2D eigenvalue weighted by molar-refractivity contribution is 6.30. The van der Waals surface area contributed by atoms with Crippen molar-refractivity contribution in [2.75, 3.05) is 12.3 Å². The fourth-order valence-electron chi connectivity index (χ4n) is 2.18. The number of halogens is 1. The molecule has 0 amide bonds. The fraction of sp³-hybridized carbons (Fsp3) is 0.200. The highest BCUT2D eigenvalue weighted by atomic mass is 35.5. The number of nitrogen functional groups attached to an aromatic ring is 1. The van der Waals surface area contributed by atoms with E-state index >= 15 is 0 Å². The van der Waals surface area contributed by atoms with E-state index in [0.29, 0.717) is 18.0 Å². The normalized spacial score (nSPS) is 16.8. The van der Waals surface area contributed by atoms with Crippen molar-refractivity contribution < 1.29 is 9.47 Å². The highest BCUT2D eigenvalue weighted by Crippen LogP contribution is 2.31. The Labute approximate surface area is 116 Å². The summed E-state index contributed by atoms with van der Waals surface area (Å²) in [5, 5.41) is 0.733. The van der Waals surface area contributed by atoms with Crippen molar-refractivity contribution in [3.05, 3.63) is 53.1 Å². The Morgan fingerprint density at radius 3 is 2.95 bits per heavy atom. The Morgan fingerprint density at radius 1 is 1.26 bits per heavy atom. The van der Waals surface area contributed by atoms with Crippen LogP contribution >= 0.6 is 11.6 Å². The monoisotopic (exact) mass is 275 g/mol. The molecule has 0 radical (unpaired) electrons. The lowest BCUT2D eigenvalue weighted by Gasteiger charge is -2.13. The first-order valence-electron chi connectivity index (χ1n) is 6.15. The Bertz CT molecular complexity index is 600. The molecule has 0 fully saturated rings. The molecule has 1 heterocycles. The second-order valence-electron chi connectivity index (χ2n) is 4.54. The minimum Gasteiger partial charge on any atom is -0.488 e. The lowest BCUT2D eigenvalue weighted by molar-refractivity contribution is 0.149. The summed E-state index contributed by atoms with van der Waals surface area (Å²) in [6.07, 6.45) is 0.816. The van der Waals surface area contributed by atoms with Gasteiger partial charge in [-0.05, 0) is 35.9 Å². The molecule has 98 valence electrons. The molecule has 1 aliphatic rings. The van der Waals surface area contributed by atoms with Crippen molar-refractivity contribution in [2.45, 2.75) is 12.5 Å². The fourth-order valence-corrected chi connectivity index (χ4v) is 2.37. The Morgan fingerprint density at radius 2 is 2.11 bits per heavy atom. The largest absolute Gasteiger partial charge is 0.488 e. The van der Waals surface area contributed by atoms with Crippen molar-refractivity contribution in [1.82, 2.24) is 0 Å². The molecule has 1 aliphatic heterocycles. The quantitative estimate of drug-likeness (QED) is 0.874. The van der Waals surface area contributed by atoms with Gasteiger partial charge >= 0.3 is 0 Å². The van der Waals surface area contributed by atoms with Crippen LogP contribution < -0.4 is 15.2 Å². The molecule has 4 heteroatoms. The number of hydrogen-bond acceptors (Lipinski definition) is 3. The predicted molar refractivity (Wildman–Crippen MR) is 75.9 cm³/mol. The van der Waals surface area contributed by atoms with E-state index in [1.807, 2.05) is 42.5 Å². The molecule has 3 nitrogen and oxygen atoms in total. The van der Waals surface area contributed by atoms with E-state index in [2.05, 4.69) is 0 Å². The average Bonchev–Trinajstić information content (AvgIpc) is 2.79. The van der Waals surface area contributed by atoms with Gasteiger partial charge in [-0.25, -0.2) is 0 Å². The van der Waals surface area contributed by atoms with Gasteiger partial charge in [0.15, 0.2) is 0 Å². The minimum absolute atomic E-state index is 0.00747. The van der Waals surface area contributed by atoms with Gasteiger partial charge in [-0.3, -0.25) is 0 Å². The van der Waals surface area contributed by atoms with Gasteiger partial charge in [0.2, 0.25) is 0 Å². The standard InChI is InChI=1S/C15H14ClNO2/c16-11-5-6-14-10(7-11)8-12(19-14)9-18-15-4-2-1-3-13(15)17/h1-7,12H,8-9,17H2. The number of para-hydroxylation sites is 2. The summed E-state index contributed by atoms with van der Waals surface area (Å²) in [5.41, 5.74) is 7.59. The van der Waals surface area contributed by atoms with E-state index in [0.717, 1.165) is 22.8 Å². The predicted octanol–water partition coefficient (Wildman–Crippen LogP) is 3.30. The van der Waals surface area contributed by atoms with Crippen LogP contribution in [0.5, 0.6) is 11.5 Å². The number of anilines is 1. The number of hydrogen-bond donors (Lipinski definition) is 1. The van der Waals surface area contributed by atoms with Gasteiger partial charge in [0.1, 0.15) is 24.2 Å². The van der Waals surface area contributed by atoms with Crippen molar-refractivity contribution in [2.24, 2.45) is 0 Å². The van der Waals surface area contributed by atoms with Crippen LogP contribution in [0.3, 0.4) is 0 Å². The summed E-state index contributed by atoms with van der Waals surface area (Å²) in [7, 11) is 0. The molecule has 0 bridgehead atoms. The molecule has 0 aromatic heterocycles. The number of fused-ring (bicyclic) bond motifs is 1. The van der Waals surface area contributed by atoms with E-state index in [1.54, 1.807) is 0 Å². The van der Waals surface area contributed by atoms with Crippen LogP contribution in [-0.2, 0) is 6.42 Å². The molecule has 19 heavy (non-hydrogen) atoms. The SMILES string of the molecule is Nc1ccccc1OCC1Cc2cc(Cl)ccc2O1. The third-order valence-electron chi connectivity index (χ3n) is 3.11. The smallest absolute Gasteiger partial charge is 0.142 e. The maximum atomic E-state index is 5.96. The van der Waals surface area contributed by atoms with Crippen LogP contribution in [0.2, 0.25) is 5.02 Å². The Balaban J connectivity index is 1.63. The lowest BCUT2D eigenvalue weighted by atomic mass is 10.1. The van der Waals surface area contributed by atoms with Crippen LogP contribution in [0, 0.1) is 0 Å². The lowest BCUT2D eigenvalue weighted by Crippen LogP contribution is -2.22. The topological polar surface area (TPSA) is 44.5 Å². The van der Waals surface area contributed by atoms with Crippen molar-refractivity contribution in [1.29, 1.82) is 0 Å². The van der Waals surface area contributed by atoms with Gasteiger partial charge in [-0.15, -0.1) is 0 Å². The molecule has 2 aromatic rings. The number of benzene rings is 2. The second kappa shape index (κ2) is 5.02. The maximum Gasteiger partial charge on any atom is 0.142 e. The number of rotatable bonds is 3. The van der Waals surface area contributed by atoms with Gasteiger partial charge in [-0.2, -0.15) is 0 Å². The van der Waals surface area contributed by atoms with E-state index in [4.69, 9.17) is 26.8 Å². The molecule has 0 aliphatic carbocycles. The molecule has 1 unspecified atom stereocenters. The zero-order valence-electron chi connectivity index (χ0n) is 10.3. The molecule has 0 saturated carbocycles. The van der Waals surface area contributed by atoms with E-state index in [9.17, 15) is 0 Å². The molecular formula is C15H14ClNO2. The third-order valence-corrected chi connectivity index (χ3v) is 3.34. The first-order chi connectivity index (χ1) is 9.22. The number of nitrogens with two attached hydrogens (primary N) is 1. The van der Waals surface area contributed by atoms with Crippen molar-refractivity contribution >= 4 is 17.3 Å². The Hall–Kier alpha value is -1.87. The summed E-state index contributed by atoms with van der Waals surface area (Å²) >= 11 is 5.96. The van der Waals surface area contributed by atoms with Crippen molar-refractivity contribution in [3.63, 3.8) is 0 Å². The van der Waals surface area contributed by atoms with Crippen LogP contribution in [0.1, 0.15) is 5.56 Å². The summed E-state index contributed by atoms with van der Waals surface area (Å²) in [4.78, 5) is 0. The first kappa shape index (κ1) is 12.2. The molecule has 3 rings (SSSR count). The van der Waals surface area contributed by atoms with Crippen LogP contribution in [0.4, 0.5) is 5.69 Å². The molecule has 2 N–H and O–H groups in total. The first-order valence-corrected chi connectivity index (χ1v) is 6.52. The average molecular weight is 276 g/mol. The van der Waals surface area contributed by atoms with Crippen molar-refractivity contribution in [3.8, 4) is 11.5 Å². The van der Waals surface area contributed by atoms with Gasteiger partial charge in [0.05, 0.1) is 5.69 Å². The molecule has 0 spiro atoms. The highest BCUT2D eigenvalue weighted by Gasteiger charge is 2.23. The summed E-state index contributed by atoms with van der Waals surface area (Å²) in [6, 6.07) is 13.1. The summed E-state index contributed by atoms with van der Waals surface area (Å²) in [5.74, 6) is 1.58. The van der Waals surface area contributed by atoms with Gasteiger partial charge in [-0.1, -0.05) is 23.7 Å². The van der Waals surface area contributed by atoms with Crippen LogP contribution in [0.15, 0.2) is 42.5 Å². The van der Waals surface area contributed by atoms with E-state index < -0.39 is 0 Å². The van der Waals surface area contributed by atoms with Crippen LogP contribution in [-0.4, -0.2) is 12.7 Å². The van der Waals surface area contributed by atoms with Crippen LogP contribution in [0.25, 0.3) is 0 Å². The third kappa shape index (κ3) is 2.61. The minimum atomic E-state index is 0.00747. The molecule has 2 aromatic carbocycles. The molecular weight excluding hydrogens is 262 g/mol. The zero-order chi connectivity index (χ0) is 13.2. The molecule has 0 saturated heterocycles. The Kier molecular flexibility index (Phi) is 3.22. The maximum absolute atomic E-state index is 5.96. The number of ether oxygens (including phenoxy) is 2. The summed E-state index contributed by atoms with van der Waals surface area (Å²) in [6.45, 7) is 0.473. The second-order valence-corrected chi connectivity index (χ2v) is 4.98. The zero-order valence-corrected chi connectivity index (χ0v) is 11.1. The van der Waals surface area contributed by atoms with E-state index in [1.165, 1.54) is 0 Å². The summed E-state index contributed by atoms with van der Waals surface area (Å²) < 4.78 is 11.5. The van der Waals surface area contributed by atoms with Gasteiger partial charge < -0.3 is 15.2 Å². The molecule has 1 atom stereocenters.